The highest BCUT2D eigenvalue weighted by molar-refractivity contribution is 5.85. The molecule has 1 atom stereocenters. The highest BCUT2D eigenvalue weighted by atomic mass is 16.6. The summed E-state index contributed by atoms with van der Waals surface area (Å²) in [5.74, 6) is 0.978. The SMILES string of the molecule is COc1ccc2[nH]cc(C(C[N+](=O)[O-])c3cccc(OCc4ccccc4)c3)c2c1. The number of ether oxygens (including phenoxy) is 2. The molecule has 0 bridgehead atoms. The van der Waals surface area contributed by atoms with Gasteiger partial charge >= 0.3 is 0 Å². The van der Waals surface area contributed by atoms with Gasteiger partial charge in [-0.25, -0.2) is 0 Å². The smallest absolute Gasteiger partial charge is 0.214 e. The van der Waals surface area contributed by atoms with Crippen LogP contribution in [0.4, 0.5) is 0 Å². The van der Waals surface area contributed by atoms with Crippen molar-refractivity contribution >= 4 is 10.9 Å². The molecule has 6 heteroatoms. The van der Waals surface area contributed by atoms with Crippen LogP contribution in [0.25, 0.3) is 10.9 Å². The van der Waals surface area contributed by atoms with E-state index in [2.05, 4.69) is 4.98 Å². The lowest BCUT2D eigenvalue weighted by molar-refractivity contribution is -0.481. The van der Waals surface area contributed by atoms with Gasteiger partial charge in [0.15, 0.2) is 0 Å². The Hall–Kier alpha value is -3.80. The van der Waals surface area contributed by atoms with Gasteiger partial charge in [0.2, 0.25) is 6.54 Å². The molecule has 1 aromatic heterocycles. The zero-order valence-electron chi connectivity index (χ0n) is 16.6. The maximum absolute atomic E-state index is 11.5. The molecule has 30 heavy (non-hydrogen) atoms. The standard InChI is InChI=1S/C24H22N2O4/c1-29-19-10-11-24-21(13-19)22(14-25-24)23(15-26(27)28)18-8-5-9-20(12-18)30-16-17-6-3-2-4-7-17/h2-14,23,25H,15-16H2,1H3. The monoisotopic (exact) mass is 402 g/mol. The van der Waals surface area contributed by atoms with Crippen LogP contribution in [0.3, 0.4) is 0 Å². The number of benzene rings is 3. The van der Waals surface area contributed by atoms with E-state index in [1.165, 1.54) is 0 Å². The molecule has 0 spiro atoms. The molecule has 1 unspecified atom stereocenters. The van der Waals surface area contributed by atoms with Crippen LogP contribution in [-0.2, 0) is 6.61 Å². The normalized spacial score (nSPS) is 11.9. The lowest BCUT2D eigenvalue weighted by Crippen LogP contribution is -2.14. The quantitative estimate of drug-likeness (QED) is 0.326. The largest absolute Gasteiger partial charge is 0.497 e. The van der Waals surface area contributed by atoms with Crippen molar-refractivity contribution in [2.75, 3.05) is 13.7 Å². The minimum Gasteiger partial charge on any atom is -0.497 e. The van der Waals surface area contributed by atoms with Crippen molar-refractivity contribution in [1.82, 2.24) is 4.98 Å². The zero-order chi connectivity index (χ0) is 20.9. The first kappa shape index (κ1) is 19.5. The van der Waals surface area contributed by atoms with Gasteiger partial charge in [0.05, 0.1) is 13.0 Å². The van der Waals surface area contributed by atoms with E-state index >= 15 is 0 Å². The molecular weight excluding hydrogens is 380 g/mol. The first-order valence-corrected chi connectivity index (χ1v) is 9.67. The zero-order valence-corrected chi connectivity index (χ0v) is 16.6. The van der Waals surface area contributed by atoms with Crippen molar-refractivity contribution in [3.63, 3.8) is 0 Å². The molecule has 0 saturated heterocycles. The summed E-state index contributed by atoms with van der Waals surface area (Å²) in [5, 5.41) is 12.4. The number of methoxy groups -OCH3 is 1. The number of nitrogens with zero attached hydrogens (tertiary/aromatic N) is 1. The van der Waals surface area contributed by atoms with Gasteiger partial charge < -0.3 is 14.5 Å². The molecule has 0 radical (unpaired) electrons. The van der Waals surface area contributed by atoms with Gasteiger partial charge in [0, 0.05) is 22.0 Å². The summed E-state index contributed by atoms with van der Waals surface area (Å²) in [4.78, 5) is 14.4. The van der Waals surface area contributed by atoms with Crippen LogP contribution < -0.4 is 9.47 Å². The maximum Gasteiger partial charge on any atom is 0.214 e. The lowest BCUT2D eigenvalue weighted by Gasteiger charge is -2.15. The van der Waals surface area contributed by atoms with Crippen LogP contribution >= 0.6 is 0 Å². The second kappa shape index (κ2) is 8.69. The van der Waals surface area contributed by atoms with Crippen LogP contribution in [-0.4, -0.2) is 23.6 Å². The molecular formula is C24H22N2O4. The fourth-order valence-corrected chi connectivity index (χ4v) is 3.63. The number of hydrogen-bond donors (Lipinski definition) is 1. The molecule has 0 fully saturated rings. The summed E-state index contributed by atoms with van der Waals surface area (Å²) in [6.45, 7) is 0.223. The summed E-state index contributed by atoms with van der Waals surface area (Å²) >= 11 is 0. The van der Waals surface area contributed by atoms with Crippen molar-refractivity contribution < 1.29 is 14.4 Å². The maximum atomic E-state index is 11.5. The molecule has 0 aliphatic carbocycles. The molecule has 0 aliphatic heterocycles. The van der Waals surface area contributed by atoms with E-state index in [-0.39, 0.29) is 11.5 Å². The summed E-state index contributed by atoms with van der Waals surface area (Å²) in [6.07, 6.45) is 1.84. The van der Waals surface area contributed by atoms with Crippen molar-refractivity contribution in [2.24, 2.45) is 0 Å². The van der Waals surface area contributed by atoms with Crippen molar-refractivity contribution in [3.8, 4) is 11.5 Å². The third kappa shape index (κ3) is 4.27. The van der Waals surface area contributed by atoms with E-state index in [0.717, 1.165) is 27.6 Å². The molecule has 6 nitrogen and oxygen atoms in total. The summed E-state index contributed by atoms with van der Waals surface area (Å²) < 4.78 is 11.3. The van der Waals surface area contributed by atoms with E-state index in [1.54, 1.807) is 7.11 Å². The Morgan fingerprint density at radius 1 is 1.00 bits per heavy atom. The number of hydrogen-bond acceptors (Lipinski definition) is 4. The van der Waals surface area contributed by atoms with E-state index in [9.17, 15) is 10.1 Å². The molecule has 4 rings (SSSR count). The number of H-pyrrole nitrogens is 1. The fraction of sp³-hybridized carbons (Fsp3) is 0.167. The van der Waals surface area contributed by atoms with Crippen LogP contribution in [0.5, 0.6) is 11.5 Å². The van der Waals surface area contributed by atoms with Gasteiger partial charge in [0.25, 0.3) is 0 Å². The van der Waals surface area contributed by atoms with Gasteiger partial charge in [-0.1, -0.05) is 42.5 Å². The number of nitro groups is 1. The Balaban J connectivity index is 1.67. The van der Waals surface area contributed by atoms with Gasteiger partial charge in [-0.3, -0.25) is 10.1 Å². The molecule has 4 aromatic rings. The van der Waals surface area contributed by atoms with Crippen LogP contribution in [0.1, 0.15) is 22.6 Å². The third-order valence-electron chi connectivity index (χ3n) is 5.14. The number of nitrogens with one attached hydrogen (secondary N) is 1. The van der Waals surface area contributed by atoms with E-state index in [0.29, 0.717) is 18.1 Å². The number of aromatic amines is 1. The number of fused-ring (bicyclic) bond motifs is 1. The third-order valence-corrected chi connectivity index (χ3v) is 5.14. The van der Waals surface area contributed by atoms with Crippen molar-refractivity contribution in [1.29, 1.82) is 0 Å². The van der Waals surface area contributed by atoms with Gasteiger partial charge in [-0.05, 0) is 47.0 Å². The van der Waals surface area contributed by atoms with Gasteiger partial charge in [-0.15, -0.1) is 0 Å². The summed E-state index contributed by atoms with van der Waals surface area (Å²) in [6, 6.07) is 23.1. The van der Waals surface area contributed by atoms with E-state index in [1.807, 2.05) is 79.0 Å². The Morgan fingerprint density at radius 3 is 2.60 bits per heavy atom. The molecule has 0 saturated carbocycles. The van der Waals surface area contributed by atoms with Gasteiger partial charge in [0.1, 0.15) is 18.1 Å². The van der Waals surface area contributed by atoms with Gasteiger partial charge in [-0.2, -0.15) is 0 Å². The predicted molar refractivity (Wildman–Crippen MR) is 116 cm³/mol. The first-order valence-electron chi connectivity index (χ1n) is 9.67. The minimum atomic E-state index is -0.416. The second-order valence-electron chi connectivity index (χ2n) is 7.07. The Kier molecular flexibility index (Phi) is 5.66. The summed E-state index contributed by atoms with van der Waals surface area (Å²) in [5.41, 5.74) is 3.67. The molecule has 152 valence electrons. The average molecular weight is 402 g/mol. The summed E-state index contributed by atoms with van der Waals surface area (Å²) in [7, 11) is 1.61. The topological polar surface area (TPSA) is 77.4 Å². The van der Waals surface area contributed by atoms with Crippen molar-refractivity contribution in [2.45, 2.75) is 12.5 Å². The second-order valence-corrected chi connectivity index (χ2v) is 7.07. The number of aromatic nitrogens is 1. The molecule has 1 heterocycles. The Morgan fingerprint density at radius 2 is 1.83 bits per heavy atom. The molecule has 1 N–H and O–H groups in total. The van der Waals surface area contributed by atoms with Crippen LogP contribution in [0, 0.1) is 10.1 Å². The Bertz CT molecular complexity index is 1150. The van der Waals surface area contributed by atoms with E-state index in [4.69, 9.17) is 9.47 Å². The average Bonchev–Trinajstić information content (AvgIpc) is 3.19. The highest BCUT2D eigenvalue weighted by Crippen LogP contribution is 2.34. The number of rotatable bonds is 8. The molecule has 0 amide bonds. The lowest BCUT2D eigenvalue weighted by atomic mass is 9.91. The van der Waals surface area contributed by atoms with E-state index < -0.39 is 5.92 Å². The van der Waals surface area contributed by atoms with Crippen molar-refractivity contribution in [3.05, 3.63) is 106 Å². The minimum absolute atomic E-state index is 0.216. The molecule has 0 aliphatic rings. The van der Waals surface area contributed by atoms with Crippen LogP contribution in [0.15, 0.2) is 79.0 Å². The first-order chi connectivity index (χ1) is 14.6. The predicted octanol–water partition coefficient (Wildman–Crippen LogP) is 5.16. The van der Waals surface area contributed by atoms with Crippen LogP contribution in [0.2, 0.25) is 0 Å². The molecule has 3 aromatic carbocycles. The highest BCUT2D eigenvalue weighted by Gasteiger charge is 2.24. The Labute approximate surface area is 174 Å². The fourth-order valence-electron chi connectivity index (χ4n) is 3.63.